The molecule has 110 valence electrons. The van der Waals surface area contributed by atoms with Gasteiger partial charge in [0, 0.05) is 6.42 Å². The molecule has 2 aromatic carbocycles. The summed E-state index contributed by atoms with van der Waals surface area (Å²) in [4.78, 5) is 11.9. The van der Waals surface area contributed by atoms with E-state index < -0.39 is 12.1 Å². The van der Waals surface area contributed by atoms with Crippen LogP contribution in [0.15, 0.2) is 54.6 Å². The van der Waals surface area contributed by atoms with Gasteiger partial charge in [-0.15, -0.1) is 0 Å². The third kappa shape index (κ3) is 4.24. The molecule has 0 fully saturated rings. The first-order valence-electron chi connectivity index (χ1n) is 6.65. The Labute approximate surface area is 124 Å². The Morgan fingerprint density at radius 1 is 0.952 bits per heavy atom. The van der Waals surface area contributed by atoms with Crippen LogP contribution in [0.5, 0.6) is 11.5 Å². The molecule has 0 aliphatic heterocycles. The normalized spacial score (nSPS) is 11.5. The molecule has 0 amide bonds. The summed E-state index contributed by atoms with van der Waals surface area (Å²) in [5, 5.41) is 0. The molecule has 0 aliphatic rings. The van der Waals surface area contributed by atoms with E-state index in [4.69, 9.17) is 14.2 Å². The van der Waals surface area contributed by atoms with Crippen molar-refractivity contribution in [2.45, 2.75) is 12.5 Å². The fraction of sp³-hybridized carbons (Fsp3) is 0.235. The third-order valence-corrected chi connectivity index (χ3v) is 3.07. The Morgan fingerprint density at radius 3 is 2.19 bits per heavy atom. The summed E-state index contributed by atoms with van der Waals surface area (Å²) in [6.07, 6.45) is -0.239. The molecular formula is C17H18O4. The molecule has 0 aliphatic carbocycles. The van der Waals surface area contributed by atoms with Crippen molar-refractivity contribution >= 4 is 5.97 Å². The van der Waals surface area contributed by atoms with E-state index in [0.29, 0.717) is 12.2 Å². The molecule has 4 heteroatoms. The van der Waals surface area contributed by atoms with Crippen LogP contribution >= 0.6 is 0 Å². The van der Waals surface area contributed by atoms with Crippen LogP contribution in [0, 0.1) is 0 Å². The van der Waals surface area contributed by atoms with Gasteiger partial charge < -0.3 is 14.2 Å². The average molecular weight is 286 g/mol. The van der Waals surface area contributed by atoms with Gasteiger partial charge in [0.25, 0.3) is 0 Å². The van der Waals surface area contributed by atoms with Crippen LogP contribution in [0.2, 0.25) is 0 Å². The minimum Gasteiger partial charge on any atom is -0.497 e. The Hall–Kier alpha value is -2.49. The summed E-state index contributed by atoms with van der Waals surface area (Å²) in [6.45, 7) is 0. The van der Waals surface area contributed by atoms with E-state index in [9.17, 15) is 4.79 Å². The van der Waals surface area contributed by atoms with E-state index >= 15 is 0 Å². The van der Waals surface area contributed by atoms with Gasteiger partial charge in [-0.3, -0.25) is 0 Å². The van der Waals surface area contributed by atoms with Gasteiger partial charge in [0.2, 0.25) is 0 Å². The van der Waals surface area contributed by atoms with Crippen molar-refractivity contribution in [3.63, 3.8) is 0 Å². The molecule has 0 saturated heterocycles. The van der Waals surface area contributed by atoms with E-state index in [0.717, 1.165) is 11.3 Å². The number of benzene rings is 2. The van der Waals surface area contributed by atoms with Crippen molar-refractivity contribution < 1.29 is 19.0 Å². The highest BCUT2D eigenvalue weighted by Crippen LogP contribution is 2.17. The van der Waals surface area contributed by atoms with E-state index in [1.807, 2.05) is 54.6 Å². The van der Waals surface area contributed by atoms with Gasteiger partial charge in [0.1, 0.15) is 11.5 Å². The molecule has 2 rings (SSSR count). The summed E-state index contributed by atoms with van der Waals surface area (Å²) in [5.74, 6) is 1.02. The molecule has 0 saturated carbocycles. The number of esters is 1. The van der Waals surface area contributed by atoms with Crippen molar-refractivity contribution in [3.8, 4) is 11.5 Å². The second kappa shape index (κ2) is 7.33. The smallest absolute Gasteiger partial charge is 0.347 e. The van der Waals surface area contributed by atoms with Crippen molar-refractivity contribution in [2.24, 2.45) is 0 Å². The highest BCUT2D eigenvalue weighted by Gasteiger charge is 2.21. The molecule has 4 nitrogen and oxygen atoms in total. The lowest BCUT2D eigenvalue weighted by Crippen LogP contribution is -2.30. The van der Waals surface area contributed by atoms with Crippen molar-refractivity contribution in [1.82, 2.24) is 0 Å². The quantitative estimate of drug-likeness (QED) is 0.766. The first kappa shape index (κ1) is 14.9. The fourth-order valence-electron chi connectivity index (χ4n) is 1.94. The maximum atomic E-state index is 11.9. The second-order valence-electron chi connectivity index (χ2n) is 4.49. The maximum absolute atomic E-state index is 11.9. The summed E-state index contributed by atoms with van der Waals surface area (Å²) in [6, 6.07) is 16.7. The van der Waals surface area contributed by atoms with E-state index in [-0.39, 0.29) is 0 Å². The molecule has 0 radical (unpaired) electrons. The zero-order valence-corrected chi connectivity index (χ0v) is 12.1. The molecule has 21 heavy (non-hydrogen) atoms. The van der Waals surface area contributed by atoms with Crippen LogP contribution in [-0.2, 0) is 16.0 Å². The maximum Gasteiger partial charge on any atom is 0.347 e. The minimum atomic E-state index is -0.675. The molecule has 1 atom stereocenters. The van der Waals surface area contributed by atoms with Gasteiger partial charge in [-0.25, -0.2) is 4.79 Å². The first-order valence-corrected chi connectivity index (χ1v) is 6.65. The number of carbonyl (C=O) groups is 1. The van der Waals surface area contributed by atoms with Gasteiger partial charge in [-0.05, 0) is 29.8 Å². The summed E-state index contributed by atoms with van der Waals surface area (Å²) in [7, 11) is 2.97. The van der Waals surface area contributed by atoms with Gasteiger partial charge in [-0.2, -0.15) is 0 Å². The highest BCUT2D eigenvalue weighted by molar-refractivity contribution is 5.75. The first-order chi connectivity index (χ1) is 10.2. The number of hydrogen-bond acceptors (Lipinski definition) is 4. The Bertz CT molecular complexity index is 563. The molecule has 2 aromatic rings. The van der Waals surface area contributed by atoms with Crippen LogP contribution in [0.3, 0.4) is 0 Å². The monoisotopic (exact) mass is 286 g/mol. The predicted octanol–water partition coefficient (Wildman–Crippen LogP) is 2.86. The van der Waals surface area contributed by atoms with E-state index in [2.05, 4.69) is 0 Å². The fourth-order valence-corrected chi connectivity index (χ4v) is 1.94. The van der Waals surface area contributed by atoms with Crippen LogP contribution in [0.4, 0.5) is 0 Å². The van der Waals surface area contributed by atoms with Crippen LogP contribution in [0.1, 0.15) is 5.56 Å². The summed E-state index contributed by atoms with van der Waals surface area (Å²) < 4.78 is 15.7. The Balaban J connectivity index is 2.10. The van der Waals surface area contributed by atoms with Gasteiger partial charge in [-0.1, -0.05) is 30.3 Å². The standard InChI is InChI=1S/C17H18O4/c1-19-14-10-8-13(9-11-14)12-16(17(18)20-2)21-15-6-4-3-5-7-15/h3-11,16H,12H2,1-2H3. The zero-order valence-electron chi connectivity index (χ0n) is 12.1. The summed E-state index contributed by atoms with van der Waals surface area (Å²) >= 11 is 0. The molecule has 0 heterocycles. The molecule has 0 bridgehead atoms. The SMILES string of the molecule is COC(=O)C(Cc1ccc(OC)cc1)Oc1ccccc1. The lowest BCUT2D eigenvalue weighted by atomic mass is 10.1. The third-order valence-electron chi connectivity index (χ3n) is 3.07. The zero-order chi connectivity index (χ0) is 15.1. The molecule has 0 spiro atoms. The number of para-hydroxylation sites is 1. The van der Waals surface area contributed by atoms with Gasteiger partial charge in [0.15, 0.2) is 6.10 Å². The van der Waals surface area contributed by atoms with Crippen molar-refractivity contribution in [2.75, 3.05) is 14.2 Å². The largest absolute Gasteiger partial charge is 0.497 e. The number of rotatable bonds is 6. The number of methoxy groups -OCH3 is 2. The van der Waals surface area contributed by atoms with Gasteiger partial charge >= 0.3 is 5.97 Å². The van der Waals surface area contributed by atoms with Crippen LogP contribution in [-0.4, -0.2) is 26.3 Å². The topological polar surface area (TPSA) is 44.8 Å². The van der Waals surface area contributed by atoms with Crippen molar-refractivity contribution in [3.05, 3.63) is 60.2 Å². The molecule has 1 unspecified atom stereocenters. The van der Waals surface area contributed by atoms with Gasteiger partial charge in [0.05, 0.1) is 14.2 Å². The number of carbonyl (C=O) groups excluding carboxylic acids is 1. The highest BCUT2D eigenvalue weighted by atomic mass is 16.6. The summed E-state index contributed by atoms with van der Waals surface area (Å²) in [5.41, 5.74) is 0.974. The molecular weight excluding hydrogens is 268 g/mol. The van der Waals surface area contributed by atoms with E-state index in [1.165, 1.54) is 7.11 Å². The second-order valence-corrected chi connectivity index (χ2v) is 4.49. The average Bonchev–Trinajstić information content (AvgIpc) is 2.55. The number of hydrogen-bond donors (Lipinski definition) is 0. The molecule has 0 N–H and O–H groups in total. The lowest BCUT2D eigenvalue weighted by Gasteiger charge is -2.17. The molecule has 0 aromatic heterocycles. The Morgan fingerprint density at radius 2 is 1.62 bits per heavy atom. The minimum absolute atomic E-state index is 0.394. The predicted molar refractivity (Wildman–Crippen MR) is 79.6 cm³/mol. The lowest BCUT2D eigenvalue weighted by molar-refractivity contribution is -0.148. The van der Waals surface area contributed by atoms with Crippen molar-refractivity contribution in [1.29, 1.82) is 0 Å². The van der Waals surface area contributed by atoms with E-state index in [1.54, 1.807) is 7.11 Å². The van der Waals surface area contributed by atoms with Crippen LogP contribution in [0.25, 0.3) is 0 Å². The number of ether oxygens (including phenoxy) is 3. The van der Waals surface area contributed by atoms with Crippen LogP contribution < -0.4 is 9.47 Å². The Kier molecular flexibility index (Phi) is 5.21.